The maximum Gasteiger partial charge on any atom is 0.356 e. The first kappa shape index (κ1) is 21.3. The second kappa shape index (κ2) is 9.08. The molecule has 160 valence electrons. The van der Waals surface area contributed by atoms with Gasteiger partial charge in [-0.3, -0.25) is 9.59 Å². The summed E-state index contributed by atoms with van der Waals surface area (Å²) in [6, 6.07) is 22.9. The van der Waals surface area contributed by atoms with E-state index in [1.165, 1.54) is 11.6 Å². The van der Waals surface area contributed by atoms with Crippen molar-refractivity contribution in [1.82, 2.24) is 4.57 Å². The van der Waals surface area contributed by atoms with Gasteiger partial charge in [-0.05, 0) is 41.3 Å². The normalized spacial score (nSPS) is 10.7. The summed E-state index contributed by atoms with van der Waals surface area (Å²) in [7, 11) is 1.52. The van der Waals surface area contributed by atoms with Crippen molar-refractivity contribution in [2.75, 3.05) is 11.9 Å². The Bertz CT molecular complexity index is 1360. The van der Waals surface area contributed by atoms with E-state index in [0.717, 1.165) is 5.56 Å². The Kier molecular flexibility index (Phi) is 6.05. The number of hydrogen-bond donors (Lipinski definition) is 1. The van der Waals surface area contributed by atoms with E-state index in [1.54, 1.807) is 42.5 Å². The lowest BCUT2D eigenvalue weighted by Crippen LogP contribution is -2.28. The van der Waals surface area contributed by atoms with Gasteiger partial charge in [-0.1, -0.05) is 60.1 Å². The molecule has 0 spiro atoms. The Morgan fingerprint density at radius 3 is 2.22 bits per heavy atom. The van der Waals surface area contributed by atoms with E-state index < -0.39 is 18.5 Å². The fourth-order valence-corrected chi connectivity index (χ4v) is 3.66. The molecule has 6 nitrogen and oxygen atoms in total. The summed E-state index contributed by atoms with van der Waals surface area (Å²) in [6.45, 7) is -0.503. The van der Waals surface area contributed by atoms with Crippen molar-refractivity contribution in [3.05, 3.63) is 99.9 Å². The molecule has 0 aliphatic rings. The Morgan fingerprint density at radius 2 is 1.53 bits per heavy atom. The molecule has 0 fully saturated rings. The molecule has 0 saturated carbocycles. The van der Waals surface area contributed by atoms with Crippen LogP contribution in [-0.4, -0.2) is 23.1 Å². The maximum atomic E-state index is 13.1. The highest BCUT2D eigenvalue weighted by atomic mass is 35.5. The minimum Gasteiger partial charge on any atom is -0.451 e. The molecule has 0 aliphatic carbocycles. The van der Waals surface area contributed by atoms with E-state index in [4.69, 9.17) is 16.3 Å². The van der Waals surface area contributed by atoms with Crippen molar-refractivity contribution < 1.29 is 14.3 Å². The summed E-state index contributed by atoms with van der Waals surface area (Å²) in [5, 5.41) is 4.31. The number of aromatic nitrogens is 1. The van der Waals surface area contributed by atoms with Crippen LogP contribution in [0.4, 0.5) is 5.69 Å². The number of halogens is 1. The third kappa shape index (κ3) is 4.26. The average molecular weight is 447 g/mol. The summed E-state index contributed by atoms with van der Waals surface area (Å²) in [4.78, 5) is 38.2. The van der Waals surface area contributed by atoms with E-state index >= 15 is 0 Å². The number of anilines is 1. The third-order valence-electron chi connectivity index (χ3n) is 5.02. The van der Waals surface area contributed by atoms with Crippen molar-refractivity contribution in [2.45, 2.75) is 0 Å². The molecule has 4 aromatic rings. The predicted octanol–water partition coefficient (Wildman–Crippen LogP) is 4.65. The summed E-state index contributed by atoms with van der Waals surface area (Å²) >= 11 is 5.84. The molecule has 0 unspecified atom stereocenters. The molecule has 1 aromatic heterocycles. The summed E-state index contributed by atoms with van der Waals surface area (Å²) in [5.41, 5.74) is 1.62. The van der Waals surface area contributed by atoms with Gasteiger partial charge >= 0.3 is 5.97 Å². The Hall–Kier alpha value is -3.90. The number of nitrogens with one attached hydrogen (secondary N) is 1. The van der Waals surface area contributed by atoms with Crippen molar-refractivity contribution in [3.63, 3.8) is 0 Å². The molecule has 1 N–H and O–H groups in total. The fourth-order valence-electron chi connectivity index (χ4n) is 3.53. The first-order valence-corrected chi connectivity index (χ1v) is 10.2. The number of hydrogen-bond acceptors (Lipinski definition) is 4. The number of amides is 1. The van der Waals surface area contributed by atoms with Crippen molar-refractivity contribution in [2.24, 2.45) is 7.05 Å². The van der Waals surface area contributed by atoms with E-state index in [-0.39, 0.29) is 11.3 Å². The summed E-state index contributed by atoms with van der Waals surface area (Å²) in [5.74, 6) is -1.27. The van der Waals surface area contributed by atoms with Crippen LogP contribution < -0.4 is 10.9 Å². The highest BCUT2D eigenvalue weighted by molar-refractivity contribution is 6.30. The van der Waals surface area contributed by atoms with Gasteiger partial charge in [0.2, 0.25) is 0 Å². The van der Waals surface area contributed by atoms with Crippen molar-refractivity contribution in [1.29, 1.82) is 0 Å². The van der Waals surface area contributed by atoms with Gasteiger partial charge in [-0.25, -0.2) is 4.79 Å². The lowest BCUT2D eigenvalue weighted by atomic mass is 9.97. The SMILES string of the molecule is Cn1c(C(=O)OCC(=O)Nc2ccc(Cl)cc2)c(-c2ccccc2)c2ccccc2c1=O. The molecule has 0 bridgehead atoms. The first-order chi connectivity index (χ1) is 15.5. The molecule has 7 heteroatoms. The lowest BCUT2D eigenvalue weighted by Gasteiger charge is -2.16. The molecule has 4 rings (SSSR count). The van der Waals surface area contributed by atoms with Gasteiger partial charge in [0.15, 0.2) is 6.61 Å². The molecule has 0 radical (unpaired) electrons. The van der Waals surface area contributed by atoms with Crippen molar-refractivity contribution in [3.8, 4) is 11.1 Å². The Morgan fingerprint density at radius 1 is 0.906 bits per heavy atom. The number of carbonyl (C=O) groups is 2. The zero-order chi connectivity index (χ0) is 22.7. The quantitative estimate of drug-likeness (QED) is 0.452. The molecule has 0 atom stereocenters. The minimum atomic E-state index is -0.763. The Labute approximate surface area is 189 Å². The number of esters is 1. The molecule has 32 heavy (non-hydrogen) atoms. The van der Waals surface area contributed by atoms with E-state index in [9.17, 15) is 14.4 Å². The van der Waals surface area contributed by atoms with Crippen LogP contribution in [0, 0.1) is 0 Å². The van der Waals surface area contributed by atoms with Gasteiger partial charge in [-0.15, -0.1) is 0 Å². The number of nitrogens with zero attached hydrogens (tertiary/aromatic N) is 1. The van der Waals surface area contributed by atoms with E-state index in [1.807, 2.05) is 36.4 Å². The maximum absolute atomic E-state index is 13.1. The zero-order valence-electron chi connectivity index (χ0n) is 17.2. The summed E-state index contributed by atoms with van der Waals surface area (Å²) < 4.78 is 6.56. The fraction of sp³-hybridized carbons (Fsp3) is 0.0800. The Balaban J connectivity index is 1.68. The number of ether oxygens (including phenoxy) is 1. The van der Waals surface area contributed by atoms with Gasteiger partial charge in [0.1, 0.15) is 5.69 Å². The van der Waals surface area contributed by atoms with Crippen LogP contribution in [0.1, 0.15) is 10.5 Å². The number of fused-ring (bicyclic) bond motifs is 1. The van der Waals surface area contributed by atoms with Gasteiger partial charge in [0.25, 0.3) is 11.5 Å². The van der Waals surface area contributed by atoms with E-state index in [0.29, 0.717) is 27.0 Å². The van der Waals surface area contributed by atoms with Crippen LogP contribution in [0.5, 0.6) is 0 Å². The number of carbonyl (C=O) groups excluding carboxylic acids is 2. The minimum absolute atomic E-state index is 0.0826. The number of benzene rings is 3. The zero-order valence-corrected chi connectivity index (χ0v) is 17.9. The van der Waals surface area contributed by atoms with Crippen LogP contribution in [0.25, 0.3) is 21.9 Å². The van der Waals surface area contributed by atoms with Crippen LogP contribution in [0.3, 0.4) is 0 Å². The highest BCUT2D eigenvalue weighted by Gasteiger charge is 2.23. The molecule has 1 amide bonds. The molecular formula is C25H19ClN2O4. The molecule has 3 aromatic carbocycles. The smallest absolute Gasteiger partial charge is 0.356 e. The molecule has 0 aliphatic heterocycles. The lowest BCUT2D eigenvalue weighted by molar-refractivity contribution is -0.119. The number of rotatable bonds is 5. The largest absolute Gasteiger partial charge is 0.451 e. The highest BCUT2D eigenvalue weighted by Crippen LogP contribution is 2.30. The second-order valence-corrected chi connectivity index (χ2v) is 7.57. The third-order valence-corrected chi connectivity index (χ3v) is 5.27. The molecular weight excluding hydrogens is 428 g/mol. The van der Waals surface area contributed by atoms with Gasteiger partial charge < -0.3 is 14.6 Å². The first-order valence-electron chi connectivity index (χ1n) is 9.85. The monoisotopic (exact) mass is 446 g/mol. The van der Waals surface area contributed by atoms with Crippen LogP contribution in [0.2, 0.25) is 5.02 Å². The average Bonchev–Trinajstić information content (AvgIpc) is 2.81. The topological polar surface area (TPSA) is 77.4 Å². The van der Waals surface area contributed by atoms with Gasteiger partial charge in [0, 0.05) is 28.7 Å². The van der Waals surface area contributed by atoms with Crippen LogP contribution >= 0.6 is 11.6 Å². The molecule has 0 saturated heterocycles. The second-order valence-electron chi connectivity index (χ2n) is 7.13. The van der Waals surface area contributed by atoms with E-state index in [2.05, 4.69) is 5.32 Å². The van der Waals surface area contributed by atoms with Crippen LogP contribution in [0.15, 0.2) is 83.7 Å². The van der Waals surface area contributed by atoms with Gasteiger partial charge in [-0.2, -0.15) is 0 Å². The van der Waals surface area contributed by atoms with Gasteiger partial charge in [0.05, 0.1) is 0 Å². The van der Waals surface area contributed by atoms with Crippen LogP contribution in [-0.2, 0) is 16.6 Å². The summed E-state index contributed by atoms with van der Waals surface area (Å²) in [6.07, 6.45) is 0. The standard InChI is InChI=1S/C25H19ClN2O4/c1-28-23(25(31)32-15-21(29)27-18-13-11-17(26)12-14-18)22(16-7-3-2-4-8-16)19-9-5-6-10-20(19)24(28)30/h2-14H,15H2,1H3,(H,27,29). The predicted molar refractivity (Wildman–Crippen MR) is 125 cm³/mol. The van der Waals surface area contributed by atoms with Crippen molar-refractivity contribution >= 4 is 39.9 Å². The molecule has 1 heterocycles. The number of pyridine rings is 1.